The van der Waals surface area contributed by atoms with Crippen LogP contribution in [0.4, 0.5) is 0 Å². The average Bonchev–Trinajstić information content (AvgIpc) is 3.09. The molecule has 4 nitrogen and oxygen atoms in total. The molecule has 4 heteroatoms. The van der Waals surface area contributed by atoms with Crippen LogP contribution in [0.15, 0.2) is 11.3 Å². The van der Waals surface area contributed by atoms with Gasteiger partial charge in [-0.15, -0.1) is 0 Å². The fraction of sp³-hybridized carbons (Fsp3) is 0.852. The molecule has 1 heterocycles. The van der Waals surface area contributed by atoms with E-state index in [1.165, 1.54) is 56.9 Å². The van der Waals surface area contributed by atoms with Crippen molar-refractivity contribution in [1.82, 2.24) is 4.90 Å². The number of aldehydes is 1. The number of carbonyl (C=O) groups is 2. The number of fused-ring (bicyclic) bond motifs is 5. The highest BCUT2D eigenvalue weighted by atomic mass is 16.5. The summed E-state index contributed by atoms with van der Waals surface area (Å²) in [4.78, 5) is 26.5. The van der Waals surface area contributed by atoms with Gasteiger partial charge < -0.3 is 9.64 Å². The number of carbonyl (C=O) groups excluding carboxylic acids is 2. The third kappa shape index (κ3) is 3.38. The van der Waals surface area contributed by atoms with E-state index in [0.717, 1.165) is 50.3 Å². The SMILES string of the molecule is CC(=O)OC1CCC2C3CCC4CC(N5CCCCC5)=C(C=O)CC4(C)C3CCC12C. The van der Waals surface area contributed by atoms with E-state index < -0.39 is 0 Å². The molecule has 0 N–H and O–H groups in total. The van der Waals surface area contributed by atoms with Gasteiger partial charge in [0, 0.05) is 36.7 Å². The van der Waals surface area contributed by atoms with Crippen LogP contribution in [0.1, 0.15) is 91.4 Å². The van der Waals surface area contributed by atoms with Crippen LogP contribution in [0.5, 0.6) is 0 Å². The second-order valence-electron chi connectivity index (χ2n) is 11.9. The molecule has 0 amide bonds. The molecule has 0 aromatic rings. The third-order valence-corrected chi connectivity index (χ3v) is 10.5. The number of hydrogen-bond donors (Lipinski definition) is 0. The van der Waals surface area contributed by atoms with Crippen molar-refractivity contribution in [2.24, 2.45) is 34.5 Å². The smallest absolute Gasteiger partial charge is 0.302 e. The Morgan fingerprint density at radius 3 is 2.45 bits per heavy atom. The van der Waals surface area contributed by atoms with Gasteiger partial charge in [-0.1, -0.05) is 13.8 Å². The molecule has 4 aliphatic carbocycles. The minimum Gasteiger partial charge on any atom is -0.462 e. The standard InChI is InChI=1S/C27H41NO3/c1-18(30)31-25-10-9-22-21-8-7-20-15-24(28-13-5-4-6-14-28)19(17-29)16-27(20,3)23(21)11-12-26(22,25)2/h17,20-23,25H,4-16H2,1-3H3. The van der Waals surface area contributed by atoms with E-state index in [9.17, 15) is 9.59 Å². The van der Waals surface area contributed by atoms with Crippen LogP contribution in [0.3, 0.4) is 0 Å². The number of piperidine rings is 1. The Balaban J connectivity index is 1.40. The van der Waals surface area contributed by atoms with Crippen molar-refractivity contribution in [3.8, 4) is 0 Å². The lowest BCUT2D eigenvalue weighted by molar-refractivity contribution is -0.160. The topological polar surface area (TPSA) is 46.6 Å². The molecule has 7 atom stereocenters. The van der Waals surface area contributed by atoms with Gasteiger partial charge in [-0.3, -0.25) is 9.59 Å². The van der Waals surface area contributed by atoms with Gasteiger partial charge in [-0.05, 0) is 99.7 Å². The maximum Gasteiger partial charge on any atom is 0.302 e. The summed E-state index contributed by atoms with van der Waals surface area (Å²) >= 11 is 0. The van der Waals surface area contributed by atoms with Crippen molar-refractivity contribution in [1.29, 1.82) is 0 Å². The fourth-order valence-electron chi connectivity index (χ4n) is 8.97. The molecule has 1 aliphatic heterocycles. The van der Waals surface area contributed by atoms with Crippen molar-refractivity contribution >= 4 is 12.3 Å². The first kappa shape index (κ1) is 21.5. The monoisotopic (exact) mass is 427 g/mol. The maximum atomic E-state index is 12.2. The van der Waals surface area contributed by atoms with Crippen molar-refractivity contribution in [3.63, 3.8) is 0 Å². The van der Waals surface area contributed by atoms with Crippen LogP contribution in [0, 0.1) is 34.5 Å². The van der Waals surface area contributed by atoms with Gasteiger partial charge in [0.15, 0.2) is 0 Å². The van der Waals surface area contributed by atoms with Crippen LogP contribution in [0.2, 0.25) is 0 Å². The number of allylic oxidation sites excluding steroid dienone is 2. The van der Waals surface area contributed by atoms with E-state index in [2.05, 4.69) is 18.7 Å². The van der Waals surface area contributed by atoms with Crippen molar-refractivity contribution < 1.29 is 14.3 Å². The number of nitrogens with zero attached hydrogens (tertiary/aromatic N) is 1. The zero-order valence-electron chi connectivity index (χ0n) is 19.8. The average molecular weight is 428 g/mol. The first-order chi connectivity index (χ1) is 14.9. The Morgan fingerprint density at radius 2 is 1.74 bits per heavy atom. The molecule has 5 aliphatic rings. The molecule has 172 valence electrons. The summed E-state index contributed by atoms with van der Waals surface area (Å²) in [5, 5.41) is 0. The van der Waals surface area contributed by atoms with Gasteiger partial charge >= 0.3 is 5.97 Å². The minimum absolute atomic E-state index is 0.101. The van der Waals surface area contributed by atoms with Crippen LogP contribution >= 0.6 is 0 Å². The minimum atomic E-state index is -0.122. The number of ether oxygens (including phenoxy) is 1. The van der Waals surface area contributed by atoms with E-state index in [-0.39, 0.29) is 22.9 Å². The highest BCUT2D eigenvalue weighted by Crippen LogP contribution is 2.67. The number of hydrogen-bond acceptors (Lipinski definition) is 4. The van der Waals surface area contributed by atoms with Gasteiger partial charge in [0.25, 0.3) is 0 Å². The quantitative estimate of drug-likeness (QED) is 0.440. The summed E-state index contributed by atoms with van der Waals surface area (Å²) in [6.07, 6.45) is 14.5. The second-order valence-corrected chi connectivity index (χ2v) is 11.9. The zero-order chi connectivity index (χ0) is 21.8. The van der Waals surface area contributed by atoms with Gasteiger partial charge in [-0.25, -0.2) is 0 Å². The molecule has 0 radical (unpaired) electrons. The molecule has 4 fully saturated rings. The van der Waals surface area contributed by atoms with Gasteiger partial charge in [0.1, 0.15) is 12.4 Å². The summed E-state index contributed by atoms with van der Waals surface area (Å²) in [5.74, 6) is 2.69. The highest BCUT2D eigenvalue weighted by molar-refractivity contribution is 5.75. The lowest BCUT2D eigenvalue weighted by atomic mass is 9.45. The van der Waals surface area contributed by atoms with E-state index in [0.29, 0.717) is 17.8 Å². The molecule has 7 unspecified atom stereocenters. The lowest BCUT2D eigenvalue weighted by Gasteiger charge is -2.60. The first-order valence-corrected chi connectivity index (χ1v) is 13.0. The van der Waals surface area contributed by atoms with Crippen LogP contribution in [-0.2, 0) is 14.3 Å². The Morgan fingerprint density at radius 1 is 1.00 bits per heavy atom. The zero-order valence-corrected chi connectivity index (χ0v) is 19.8. The summed E-state index contributed by atoms with van der Waals surface area (Å²) in [6.45, 7) is 8.76. The van der Waals surface area contributed by atoms with Gasteiger partial charge in [0.2, 0.25) is 0 Å². The van der Waals surface area contributed by atoms with E-state index in [4.69, 9.17) is 4.74 Å². The molecule has 0 aromatic heterocycles. The lowest BCUT2D eigenvalue weighted by Crippen LogP contribution is -2.54. The van der Waals surface area contributed by atoms with E-state index in [1.54, 1.807) is 6.92 Å². The van der Waals surface area contributed by atoms with Crippen LogP contribution in [-0.4, -0.2) is 36.3 Å². The molecule has 5 rings (SSSR count). The number of rotatable bonds is 3. The molecule has 31 heavy (non-hydrogen) atoms. The van der Waals surface area contributed by atoms with Crippen molar-refractivity contribution in [2.45, 2.75) is 97.5 Å². The predicted molar refractivity (Wildman–Crippen MR) is 121 cm³/mol. The Bertz CT molecular complexity index is 768. The summed E-state index contributed by atoms with van der Waals surface area (Å²) in [6, 6.07) is 0. The first-order valence-electron chi connectivity index (χ1n) is 13.0. The van der Waals surface area contributed by atoms with Crippen molar-refractivity contribution in [3.05, 3.63) is 11.3 Å². The van der Waals surface area contributed by atoms with Crippen LogP contribution < -0.4 is 0 Å². The number of esters is 1. The van der Waals surface area contributed by atoms with Gasteiger partial charge in [-0.2, -0.15) is 0 Å². The Hall–Kier alpha value is -1.32. The third-order valence-electron chi connectivity index (χ3n) is 10.5. The molecule has 3 saturated carbocycles. The molecular weight excluding hydrogens is 386 g/mol. The summed E-state index contributed by atoms with van der Waals surface area (Å²) < 4.78 is 5.81. The summed E-state index contributed by atoms with van der Waals surface area (Å²) in [5.41, 5.74) is 2.90. The molecule has 0 aromatic carbocycles. The molecular formula is C27H41NO3. The van der Waals surface area contributed by atoms with Crippen LogP contribution in [0.25, 0.3) is 0 Å². The maximum absolute atomic E-state index is 12.2. The molecule has 0 spiro atoms. The Labute approximate surface area is 188 Å². The number of likely N-dealkylation sites (tertiary alicyclic amines) is 1. The van der Waals surface area contributed by atoms with E-state index >= 15 is 0 Å². The largest absolute Gasteiger partial charge is 0.462 e. The summed E-state index contributed by atoms with van der Waals surface area (Å²) in [7, 11) is 0. The highest BCUT2D eigenvalue weighted by Gasteiger charge is 2.61. The van der Waals surface area contributed by atoms with Gasteiger partial charge in [0.05, 0.1) is 0 Å². The fourth-order valence-corrected chi connectivity index (χ4v) is 8.97. The van der Waals surface area contributed by atoms with Crippen molar-refractivity contribution in [2.75, 3.05) is 13.1 Å². The Kier molecular flexibility index (Phi) is 5.50. The van der Waals surface area contributed by atoms with E-state index in [1.807, 2.05) is 0 Å². The predicted octanol–water partition coefficient (Wildman–Crippen LogP) is 5.51. The normalized spacial score (nSPS) is 44.9. The molecule has 0 bridgehead atoms. The second kappa shape index (κ2) is 7.92. The molecule has 1 saturated heterocycles.